The SMILES string of the molecule is Cc1cc2nc(C3(c4ccccc4O)C(=O)N(C)c4ccccc43)[nH]c2cc1C. The minimum Gasteiger partial charge on any atom is -0.508 e. The minimum atomic E-state index is -1.24. The number of phenols is 1. The molecular weight excluding hydrogens is 362 g/mol. The molecule has 1 aromatic heterocycles. The number of nitrogens with one attached hydrogen (secondary N) is 1. The van der Waals surface area contributed by atoms with Crippen LogP contribution in [0.2, 0.25) is 0 Å². The van der Waals surface area contributed by atoms with Gasteiger partial charge in [0.1, 0.15) is 11.6 Å². The van der Waals surface area contributed by atoms with E-state index in [9.17, 15) is 9.90 Å². The van der Waals surface area contributed by atoms with Crippen molar-refractivity contribution < 1.29 is 9.90 Å². The monoisotopic (exact) mass is 383 g/mol. The summed E-state index contributed by atoms with van der Waals surface area (Å²) in [5, 5.41) is 10.8. The van der Waals surface area contributed by atoms with Gasteiger partial charge in [0.05, 0.1) is 11.0 Å². The maximum absolute atomic E-state index is 13.8. The van der Waals surface area contributed by atoms with Crippen LogP contribution >= 0.6 is 0 Å². The Kier molecular flexibility index (Phi) is 3.59. The quantitative estimate of drug-likeness (QED) is 0.545. The maximum Gasteiger partial charge on any atom is 0.249 e. The van der Waals surface area contributed by atoms with E-state index < -0.39 is 5.41 Å². The first-order chi connectivity index (χ1) is 13.9. The zero-order valence-electron chi connectivity index (χ0n) is 16.5. The molecule has 144 valence electrons. The summed E-state index contributed by atoms with van der Waals surface area (Å²) in [5.41, 5.74) is 4.87. The highest BCUT2D eigenvalue weighted by molar-refractivity contribution is 6.12. The molecule has 1 atom stereocenters. The molecule has 5 rings (SSSR count). The fraction of sp³-hybridized carbons (Fsp3) is 0.167. The highest BCUT2D eigenvalue weighted by Crippen LogP contribution is 2.51. The third-order valence-electron chi connectivity index (χ3n) is 6.06. The number of likely N-dealkylation sites (N-methyl/N-ethyl adjacent to an activating group) is 1. The second kappa shape index (κ2) is 5.95. The van der Waals surface area contributed by atoms with Crippen molar-refractivity contribution in [1.82, 2.24) is 9.97 Å². The van der Waals surface area contributed by atoms with Crippen LogP contribution in [0.25, 0.3) is 11.0 Å². The highest BCUT2D eigenvalue weighted by Gasteiger charge is 2.55. The van der Waals surface area contributed by atoms with Gasteiger partial charge >= 0.3 is 0 Å². The van der Waals surface area contributed by atoms with Gasteiger partial charge in [-0.05, 0) is 49.2 Å². The Bertz CT molecular complexity index is 1250. The topological polar surface area (TPSA) is 69.2 Å². The summed E-state index contributed by atoms with van der Waals surface area (Å²) in [6, 6.07) is 18.8. The van der Waals surface area contributed by atoms with Gasteiger partial charge in [0.15, 0.2) is 5.41 Å². The van der Waals surface area contributed by atoms with Crippen molar-refractivity contribution in [2.24, 2.45) is 0 Å². The van der Waals surface area contributed by atoms with Crippen LogP contribution in [-0.4, -0.2) is 28.0 Å². The normalized spacial score (nSPS) is 18.4. The molecule has 5 heteroatoms. The molecule has 1 amide bonds. The second-order valence-electron chi connectivity index (χ2n) is 7.69. The Labute approximate surface area is 168 Å². The number of aryl methyl sites for hydroxylation is 2. The molecule has 29 heavy (non-hydrogen) atoms. The number of aromatic amines is 1. The predicted octanol–water partition coefficient (Wildman–Crippen LogP) is 4.20. The van der Waals surface area contributed by atoms with Gasteiger partial charge in [-0.25, -0.2) is 4.98 Å². The Hall–Kier alpha value is -3.60. The predicted molar refractivity (Wildman–Crippen MR) is 113 cm³/mol. The molecule has 5 nitrogen and oxygen atoms in total. The van der Waals surface area contributed by atoms with Crippen LogP contribution in [0, 0.1) is 13.8 Å². The van der Waals surface area contributed by atoms with Gasteiger partial charge in [0, 0.05) is 23.9 Å². The lowest BCUT2D eigenvalue weighted by Gasteiger charge is -2.27. The van der Waals surface area contributed by atoms with Crippen molar-refractivity contribution in [3.05, 3.63) is 88.7 Å². The lowest BCUT2D eigenvalue weighted by molar-refractivity contribution is -0.120. The first-order valence-electron chi connectivity index (χ1n) is 9.58. The molecule has 1 aliphatic heterocycles. The summed E-state index contributed by atoms with van der Waals surface area (Å²) in [6.07, 6.45) is 0. The summed E-state index contributed by atoms with van der Waals surface area (Å²) in [6.45, 7) is 4.10. The third-order valence-corrected chi connectivity index (χ3v) is 6.06. The number of fused-ring (bicyclic) bond motifs is 2. The summed E-state index contributed by atoms with van der Waals surface area (Å²) in [7, 11) is 1.76. The molecule has 1 aliphatic rings. The molecule has 0 saturated carbocycles. The summed E-state index contributed by atoms with van der Waals surface area (Å²) >= 11 is 0. The Morgan fingerprint density at radius 2 is 1.62 bits per heavy atom. The van der Waals surface area contributed by atoms with Gasteiger partial charge in [0.2, 0.25) is 5.91 Å². The number of phenolic OH excluding ortho intramolecular Hbond substituents is 1. The molecule has 4 aromatic rings. The van der Waals surface area contributed by atoms with Crippen LogP contribution in [0.1, 0.15) is 28.1 Å². The summed E-state index contributed by atoms with van der Waals surface area (Å²) < 4.78 is 0. The lowest BCUT2D eigenvalue weighted by atomic mass is 9.74. The Balaban J connectivity index is 1.91. The first-order valence-corrected chi connectivity index (χ1v) is 9.58. The van der Waals surface area contributed by atoms with Crippen LogP contribution in [0.3, 0.4) is 0 Å². The van der Waals surface area contributed by atoms with E-state index in [1.54, 1.807) is 30.1 Å². The smallest absolute Gasteiger partial charge is 0.249 e. The Morgan fingerprint density at radius 3 is 2.38 bits per heavy atom. The molecule has 2 heterocycles. The van der Waals surface area contributed by atoms with Gasteiger partial charge in [0.25, 0.3) is 0 Å². The highest BCUT2D eigenvalue weighted by atomic mass is 16.3. The van der Waals surface area contributed by atoms with Crippen LogP contribution < -0.4 is 4.90 Å². The average Bonchev–Trinajstić information content (AvgIpc) is 3.21. The fourth-order valence-corrected chi connectivity index (χ4v) is 4.41. The molecule has 0 bridgehead atoms. The number of nitrogens with zero attached hydrogens (tertiary/aromatic N) is 2. The van der Waals surface area contributed by atoms with Gasteiger partial charge < -0.3 is 15.0 Å². The average molecular weight is 383 g/mol. The molecule has 0 aliphatic carbocycles. The zero-order valence-corrected chi connectivity index (χ0v) is 16.5. The van der Waals surface area contributed by atoms with Gasteiger partial charge in [-0.15, -0.1) is 0 Å². The van der Waals surface area contributed by atoms with E-state index >= 15 is 0 Å². The van der Waals surface area contributed by atoms with Crippen molar-refractivity contribution in [1.29, 1.82) is 0 Å². The number of hydrogen-bond acceptors (Lipinski definition) is 3. The van der Waals surface area contributed by atoms with Crippen LogP contribution in [0.4, 0.5) is 5.69 Å². The molecular formula is C24H21N3O2. The van der Waals surface area contributed by atoms with Gasteiger partial charge in [-0.3, -0.25) is 4.79 Å². The molecule has 0 spiro atoms. The Morgan fingerprint density at radius 1 is 0.966 bits per heavy atom. The number of carbonyl (C=O) groups excluding carboxylic acids is 1. The molecule has 1 unspecified atom stereocenters. The number of H-pyrrole nitrogens is 1. The number of amides is 1. The molecule has 3 aromatic carbocycles. The van der Waals surface area contributed by atoms with Crippen LogP contribution in [-0.2, 0) is 10.2 Å². The van der Waals surface area contributed by atoms with Crippen molar-refractivity contribution in [3.8, 4) is 5.75 Å². The largest absolute Gasteiger partial charge is 0.508 e. The summed E-state index contributed by atoms with van der Waals surface area (Å²) in [5.74, 6) is 0.437. The number of benzene rings is 3. The number of aromatic nitrogens is 2. The first kappa shape index (κ1) is 17.5. The number of carbonyl (C=O) groups is 1. The van der Waals surface area contributed by atoms with E-state index in [1.165, 1.54) is 0 Å². The van der Waals surface area contributed by atoms with E-state index in [0.29, 0.717) is 11.4 Å². The number of hydrogen-bond donors (Lipinski definition) is 2. The maximum atomic E-state index is 13.8. The number of imidazole rings is 1. The van der Waals surface area contributed by atoms with E-state index in [-0.39, 0.29) is 11.7 Å². The van der Waals surface area contributed by atoms with Crippen molar-refractivity contribution in [3.63, 3.8) is 0 Å². The van der Waals surface area contributed by atoms with E-state index in [2.05, 4.69) is 18.0 Å². The molecule has 0 fully saturated rings. The number of aromatic hydroxyl groups is 1. The number of rotatable bonds is 2. The van der Waals surface area contributed by atoms with Crippen molar-refractivity contribution in [2.75, 3.05) is 11.9 Å². The van der Waals surface area contributed by atoms with Gasteiger partial charge in [-0.2, -0.15) is 0 Å². The number of para-hydroxylation sites is 2. The molecule has 0 saturated heterocycles. The van der Waals surface area contributed by atoms with Crippen molar-refractivity contribution >= 4 is 22.6 Å². The molecule has 2 N–H and O–H groups in total. The summed E-state index contributed by atoms with van der Waals surface area (Å²) in [4.78, 5) is 23.7. The van der Waals surface area contributed by atoms with Gasteiger partial charge in [-0.1, -0.05) is 36.4 Å². The number of anilines is 1. The zero-order chi connectivity index (χ0) is 20.3. The van der Waals surface area contributed by atoms with Crippen molar-refractivity contribution in [2.45, 2.75) is 19.3 Å². The minimum absolute atomic E-state index is 0.0683. The van der Waals surface area contributed by atoms with E-state index in [0.717, 1.165) is 33.4 Å². The second-order valence-corrected chi connectivity index (χ2v) is 7.69. The molecule has 0 radical (unpaired) electrons. The van der Waals surface area contributed by atoms with E-state index in [1.807, 2.05) is 43.3 Å². The van der Waals surface area contributed by atoms with Crippen LogP contribution in [0.15, 0.2) is 60.7 Å². The fourth-order valence-electron chi connectivity index (χ4n) is 4.41. The lowest BCUT2D eigenvalue weighted by Crippen LogP contribution is -2.41. The third kappa shape index (κ3) is 2.21. The van der Waals surface area contributed by atoms with Crippen LogP contribution in [0.5, 0.6) is 5.75 Å². The standard InChI is InChI=1S/C24H21N3O2/c1-14-12-18-19(13-15(14)2)26-22(25-18)24(17-9-5-7-11-21(17)28)16-8-4-6-10-20(16)27(3)23(24)29/h4-13,28H,1-3H3,(H,25,26). The van der Waals surface area contributed by atoms with E-state index in [4.69, 9.17) is 4.98 Å².